The molecule has 1 N–H and O–H groups in total. The average molecular weight is 411 g/mol. The van der Waals surface area contributed by atoms with E-state index in [2.05, 4.69) is 26.5 Å². The molecule has 1 aliphatic heterocycles. The number of aromatic amines is 1. The minimum atomic E-state index is -0.349. The molecule has 0 spiro atoms. The highest BCUT2D eigenvalue weighted by atomic mass is 32.1. The van der Waals surface area contributed by atoms with Crippen molar-refractivity contribution in [2.75, 3.05) is 6.54 Å². The van der Waals surface area contributed by atoms with Gasteiger partial charge in [0.05, 0.1) is 22.4 Å². The number of imidazole rings is 1. The van der Waals surface area contributed by atoms with Gasteiger partial charge in [-0.05, 0) is 29.1 Å². The lowest BCUT2D eigenvalue weighted by molar-refractivity contribution is 0.0684. The number of pyridine rings is 1. The number of nitrogens with one attached hydrogen (secondary N) is 1. The Hall–Kier alpha value is -3.58. The molecule has 1 amide bonds. The van der Waals surface area contributed by atoms with E-state index in [1.165, 1.54) is 11.5 Å². The molecule has 4 heterocycles. The fraction of sp³-hybridized carbons (Fsp3) is 0.130. The van der Waals surface area contributed by atoms with Crippen LogP contribution in [0, 0.1) is 0 Å². The third-order valence-corrected chi connectivity index (χ3v) is 6.52. The van der Waals surface area contributed by atoms with Gasteiger partial charge in [0, 0.05) is 35.6 Å². The monoisotopic (exact) mass is 411 g/mol. The molecule has 0 bridgehead atoms. The molecule has 6 nitrogen and oxygen atoms in total. The lowest BCUT2D eigenvalue weighted by atomic mass is 9.97. The van der Waals surface area contributed by atoms with Gasteiger partial charge < -0.3 is 9.88 Å². The maximum atomic E-state index is 13.7. The summed E-state index contributed by atoms with van der Waals surface area (Å²) in [6.07, 6.45) is 4.30. The summed E-state index contributed by atoms with van der Waals surface area (Å²) in [4.78, 5) is 28.0. The Labute approximate surface area is 176 Å². The Morgan fingerprint density at radius 2 is 1.90 bits per heavy atom. The summed E-state index contributed by atoms with van der Waals surface area (Å²) < 4.78 is 5.51. The van der Waals surface area contributed by atoms with Crippen molar-refractivity contribution in [2.45, 2.75) is 12.5 Å². The maximum absolute atomic E-state index is 13.7. The first-order chi connectivity index (χ1) is 14.8. The van der Waals surface area contributed by atoms with Crippen LogP contribution in [0.15, 0.2) is 67.1 Å². The molecule has 6 rings (SSSR count). The standard InChI is InChI=1S/C23H17N5OS/c29-23(20-16-7-3-4-8-19(16)30-27-20)28-10-9-17-21(26-13-25-17)22(28)18-11-14-5-1-2-6-15(14)12-24-18/h1-8,11-13,22H,9-10H2,(H,25,26)/t22-/m1/s1. The minimum Gasteiger partial charge on any atom is -0.348 e. The molecule has 2 aromatic carbocycles. The molecule has 0 unspecified atom stereocenters. The van der Waals surface area contributed by atoms with Crippen LogP contribution in [0.2, 0.25) is 0 Å². The zero-order chi connectivity index (χ0) is 20.1. The number of rotatable bonds is 2. The molecule has 0 saturated heterocycles. The van der Waals surface area contributed by atoms with Gasteiger partial charge in [-0.15, -0.1) is 0 Å². The predicted molar refractivity (Wildman–Crippen MR) is 117 cm³/mol. The van der Waals surface area contributed by atoms with Gasteiger partial charge >= 0.3 is 0 Å². The van der Waals surface area contributed by atoms with Crippen molar-refractivity contribution in [2.24, 2.45) is 0 Å². The highest BCUT2D eigenvalue weighted by Crippen LogP contribution is 2.35. The molecule has 30 heavy (non-hydrogen) atoms. The molecule has 5 aromatic rings. The van der Waals surface area contributed by atoms with Gasteiger partial charge in [-0.1, -0.05) is 42.5 Å². The largest absolute Gasteiger partial charge is 0.348 e. The van der Waals surface area contributed by atoms with Crippen molar-refractivity contribution in [3.8, 4) is 0 Å². The predicted octanol–water partition coefficient (Wildman–Crippen LogP) is 4.36. The lowest BCUT2D eigenvalue weighted by Gasteiger charge is -2.34. The number of nitrogens with zero attached hydrogens (tertiary/aromatic N) is 4. The van der Waals surface area contributed by atoms with Crippen molar-refractivity contribution >= 4 is 38.3 Å². The summed E-state index contributed by atoms with van der Waals surface area (Å²) in [6.45, 7) is 0.582. The first-order valence-electron chi connectivity index (χ1n) is 9.82. The van der Waals surface area contributed by atoms with Crippen molar-refractivity contribution in [1.82, 2.24) is 24.2 Å². The zero-order valence-corrected chi connectivity index (χ0v) is 16.8. The second-order valence-electron chi connectivity index (χ2n) is 7.40. The molecule has 7 heteroatoms. The van der Waals surface area contributed by atoms with Crippen LogP contribution in [-0.2, 0) is 6.42 Å². The Morgan fingerprint density at radius 1 is 1.07 bits per heavy atom. The van der Waals surface area contributed by atoms with Gasteiger partial charge in [0.2, 0.25) is 0 Å². The van der Waals surface area contributed by atoms with E-state index in [0.717, 1.165) is 44.4 Å². The Balaban J connectivity index is 1.49. The van der Waals surface area contributed by atoms with E-state index in [9.17, 15) is 4.79 Å². The normalized spacial score (nSPS) is 16.1. The summed E-state index contributed by atoms with van der Waals surface area (Å²) in [5.41, 5.74) is 3.23. The zero-order valence-electron chi connectivity index (χ0n) is 15.9. The smallest absolute Gasteiger partial charge is 0.275 e. The summed E-state index contributed by atoms with van der Waals surface area (Å²) >= 11 is 1.36. The van der Waals surface area contributed by atoms with Crippen LogP contribution in [0.25, 0.3) is 20.9 Å². The highest BCUT2D eigenvalue weighted by Gasteiger charge is 2.36. The number of hydrogen-bond acceptors (Lipinski definition) is 5. The van der Waals surface area contributed by atoms with E-state index in [1.54, 1.807) is 6.33 Å². The van der Waals surface area contributed by atoms with E-state index in [-0.39, 0.29) is 11.9 Å². The molecule has 0 radical (unpaired) electrons. The summed E-state index contributed by atoms with van der Waals surface area (Å²) in [5, 5.41) is 3.06. The third kappa shape index (κ3) is 2.63. The Bertz CT molecular complexity index is 1410. The topological polar surface area (TPSA) is 74.8 Å². The average Bonchev–Trinajstić information content (AvgIpc) is 3.44. The summed E-state index contributed by atoms with van der Waals surface area (Å²) in [5.74, 6) is -0.0824. The van der Waals surface area contributed by atoms with E-state index in [0.29, 0.717) is 12.2 Å². The van der Waals surface area contributed by atoms with Gasteiger partial charge in [0.25, 0.3) is 5.91 Å². The number of H-pyrrole nitrogens is 1. The van der Waals surface area contributed by atoms with Gasteiger partial charge in [0.15, 0.2) is 0 Å². The molecule has 0 aliphatic carbocycles. The first-order valence-corrected chi connectivity index (χ1v) is 10.6. The quantitative estimate of drug-likeness (QED) is 0.468. The number of aromatic nitrogens is 4. The van der Waals surface area contributed by atoms with Crippen LogP contribution >= 0.6 is 11.5 Å². The number of hydrogen-bond donors (Lipinski definition) is 1. The van der Waals surface area contributed by atoms with Gasteiger partial charge in [-0.25, -0.2) is 4.98 Å². The number of carbonyl (C=O) groups excluding carboxylic acids is 1. The van der Waals surface area contributed by atoms with Crippen LogP contribution < -0.4 is 0 Å². The maximum Gasteiger partial charge on any atom is 0.275 e. The summed E-state index contributed by atoms with van der Waals surface area (Å²) in [6, 6.07) is 17.7. The second-order valence-corrected chi connectivity index (χ2v) is 8.21. The van der Waals surface area contributed by atoms with Gasteiger partial charge in [-0.2, -0.15) is 4.37 Å². The third-order valence-electron chi connectivity index (χ3n) is 5.70. The fourth-order valence-corrected chi connectivity index (χ4v) is 4.99. The van der Waals surface area contributed by atoms with Crippen LogP contribution in [0.3, 0.4) is 0 Å². The molecule has 0 fully saturated rings. The van der Waals surface area contributed by atoms with E-state index in [4.69, 9.17) is 4.98 Å². The van der Waals surface area contributed by atoms with Crippen LogP contribution in [-0.4, -0.2) is 36.7 Å². The van der Waals surface area contributed by atoms with Crippen LogP contribution in [0.1, 0.15) is 33.6 Å². The van der Waals surface area contributed by atoms with Crippen molar-refractivity contribution in [1.29, 1.82) is 0 Å². The molecular weight excluding hydrogens is 394 g/mol. The number of fused-ring (bicyclic) bond motifs is 3. The fourth-order valence-electron chi connectivity index (χ4n) is 4.22. The van der Waals surface area contributed by atoms with Crippen molar-refractivity contribution < 1.29 is 4.79 Å². The van der Waals surface area contributed by atoms with Gasteiger partial charge in [-0.3, -0.25) is 9.78 Å². The van der Waals surface area contributed by atoms with Crippen LogP contribution in [0.5, 0.6) is 0 Å². The SMILES string of the molecule is O=C(c1nsc2ccccc12)N1CCc2[nH]cnc2[C@H]1c1cc2ccccc2cn1. The lowest BCUT2D eigenvalue weighted by Crippen LogP contribution is -2.41. The molecule has 3 aromatic heterocycles. The van der Waals surface area contributed by atoms with E-state index in [1.807, 2.05) is 53.6 Å². The number of amides is 1. The van der Waals surface area contributed by atoms with E-state index >= 15 is 0 Å². The number of carbonyl (C=O) groups is 1. The number of benzene rings is 2. The molecule has 0 saturated carbocycles. The second kappa shape index (κ2) is 6.74. The minimum absolute atomic E-state index is 0.0824. The Morgan fingerprint density at radius 3 is 2.83 bits per heavy atom. The highest BCUT2D eigenvalue weighted by molar-refractivity contribution is 7.13. The van der Waals surface area contributed by atoms with Crippen molar-refractivity contribution in [3.05, 3.63) is 89.9 Å². The molecule has 146 valence electrons. The van der Waals surface area contributed by atoms with E-state index < -0.39 is 0 Å². The molecule has 1 aliphatic rings. The molecular formula is C23H17N5OS. The summed E-state index contributed by atoms with van der Waals surface area (Å²) in [7, 11) is 0. The van der Waals surface area contributed by atoms with Gasteiger partial charge in [0.1, 0.15) is 11.7 Å². The molecule has 1 atom stereocenters. The van der Waals surface area contributed by atoms with Crippen LogP contribution in [0.4, 0.5) is 0 Å². The Kier molecular flexibility index (Phi) is 3.89. The first kappa shape index (κ1) is 17.3. The van der Waals surface area contributed by atoms with Crippen molar-refractivity contribution in [3.63, 3.8) is 0 Å².